The van der Waals surface area contributed by atoms with Crippen LogP contribution in [-0.2, 0) is 0 Å². The van der Waals surface area contributed by atoms with Crippen LogP contribution in [0.15, 0.2) is 40.8 Å². The molecule has 2 fully saturated rings. The molecule has 3 aliphatic heterocycles. The first-order chi connectivity index (χ1) is 18.3. The zero-order chi connectivity index (χ0) is 28.0. The van der Waals surface area contributed by atoms with Crippen molar-refractivity contribution in [1.29, 1.82) is 0 Å². The summed E-state index contributed by atoms with van der Waals surface area (Å²) >= 11 is 0. The third-order valence-corrected chi connectivity index (χ3v) is 7.31. The highest BCUT2D eigenvalue weighted by Gasteiger charge is 2.45. The molecule has 0 aromatic heterocycles. The molecule has 0 atom stereocenters. The van der Waals surface area contributed by atoms with Gasteiger partial charge in [-0.1, -0.05) is 0 Å². The zero-order valence-corrected chi connectivity index (χ0v) is 20.7. The number of carbonyl (C=O) groups is 1. The van der Waals surface area contributed by atoms with Crippen LogP contribution < -0.4 is 14.8 Å². The average Bonchev–Trinajstić information content (AvgIpc) is 2.84. The zero-order valence-electron chi connectivity index (χ0n) is 20.7. The number of hydrogen-bond acceptors (Lipinski definition) is 3. The predicted molar refractivity (Wildman–Crippen MR) is 132 cm³/mol. The summed E-state index contributed by atoms with van der Waals surface area (Å²) in [4.78, 5) is 13.5. The van der Waals surface area contributed by atoms with Crippen molar-refractivity contribution >= 4 is 22.6 Å². The van der Waals surface area contributed by atoms with Gasteiger partial charge in [0.05, 0.1) is 19.2 Å². The lowest BCUT2D eigenvalue weighted by Crippen LogP contribution is -2.58. The lowest BCUT2D eigenvalue weighted by Gasteiger charge is -2.40. The van der Waals surface area contributed by atoms with E-state index in [1.165, 1.54) is 36.1 Å². The van der Waals surface area contributed by atoms with Crippen LogP contribution in [0.4, 0.5) is 32.0 Å². The topological polar surface area (TPSA) is 56.7 Å². The molecule has 1 aliphatic carbocycles. The van der Waals surface area contributed by atoms with Gasteiger partial charge in [0.15, 0.2) is 24.7 Å². The monoisotopic (exact) mass is 547 g/mol. The molecule has 1 N–H and O–H groups in total. The Morgan fingerprint density at radius 3 is 2.28 bits per heavy atom. The number of rotatable bonds is 3. The number of aromatic carboxylic acids is 1. The van der Waals surface area contributed by atoms with E-state index in [1.807, 2.05) is 0 Å². The Bertz CT molecular complexity index is 1740. The molecule has 0 spiro atoms. The third kappa shape index (κ3) is 3.93. The van der Waals surface area contributed by atoms with Crippen LogP contribution in [0.2, 0.25) is 0 Å². The van der Waals surface area contributed by atoms with Crippen molar-refractivity contribution in [1.82, 2.24) is 4.58 Å². The van der Waals surface area contributed by atoms with Gasteiger partial charge in [0.25, 0.3) is 5.92 Å². The van der Waals surface area contributed by atoms with Gasteiger partial charge in [0.2, 0.25) is 11.0 Å². The van der Waals surface area contributed by atoms with E-state index < -0.39 is 64.8 Å². The van der Waals surface area contributed by atoms with Gasteiger partial charge in [-0.2, -0.15) is 0 Å². The van der Waals surface area contributed by atoms with E-state index in [9.17, 15) is 31.9 Å². The molecule has 39 heavy (non-hydrogen) atoms. The van der Waals surface area contributed by atoms with Crippen molar-refractivity contribution in [3.05, 3.63) is 70.3 Å². The molecule has 3 heterocycles. The van der Waals surface area contributed by atoms with E-state index in [1.54, 1.807) is 16.7 Å². The lowest BCUT2D eigenvalue weighted by atomic mass is 9.88. The van der Waals surface area contributed by atoms with Crippen LogP contribution in [0.25, 0.3) is 33.4 Å². The van der Waals surface area contributed by atoms with Gasteiger partial charge in [0.1, 0.15) is 22.7 Å². The molecule has 0 saturated carbocycles. The Hall–Kier alpha value is -4.02. The first kappa shape index (κ1) is 25.3. The molecule has 5 nitrogen and oxygen atoms in total. The van der Waals surface area contributed by atoms with E-state index in [-0.39, 0.29) is 40.9 Å². The quantitative estimate of drug-likeness (QED) is 0.157. The highest BCUT2D eigenvalue weighted by Crippen LogP contribution is 2.45. The number of fused-ring (bicyclic) bond motifs is 2. The number of halogens is 6. The van der Waals surface area contributed by atoms with Crippen LogP contribution >= 0.6 is 0 Å². The van der Waals surface area contributed by atoms with E-state index in [0.717, 1.165) is 6.92 Å². The predicted octanol–water partition coefficient (Wildman–Crippen LogP) is 5.60. The van der Waals surface area contributed by atoms with Gasteiger partial charge in [-0.15, -0.1) is 0 Å². The highest BCUT2D eigenvalue weighted by molar-refractivity contribution is 6.08. The van der Waals surface area contributed by atoms with Crippen LogP contribution in [0, 0.1) is 24.4 Å². The summed E-state index contributed by atoms with van der Waals surface area (Å²) in [6, 6.07) is 9.08. The van der Waals surface area contributed by atoms with E-state index >= 15 is 4.39 Å². The molecule has 202 valence electrons. The van der Waals surface area contributed by atoms with Crippen molar-refractivity contribution in [2.75, 3.05) is 31.1 Å². The molecule has 0 bridgehead atoms. The Kier molecular flexibility index (Phi) is 5.34. The number of carboxylic acid groups (broad SMARTS) is 1. The summed E-state index contributed by atoms with van der Waals surface area (Å²) in [5.41, 5.74) is -3.32. The largest absolute Gasteiger partial charge is 0.478 e. The standard InChI is InChI=1S/C28H20F6N2O3/c1-13-23(29)21(22(26(37)38)25(31)24(13)30)20-16-5-3-14(35-9-27(2,32)10-35)7-18(16)39-19-8-15(4-6-17(19)20)36-11-28(33,34)12-36/h3-8H,9-12H2,1-2H3/p+1. The Morgan fingerprint density at radius 1 is 0.974 bits per heavy atom. The smallest absolute Gasteiger partial charge is 0.339 e. The van der Waals surface area contributed by atoms with Crippen LogP contribution in [0.1, 0.15) is 22.8 Å². The number of carboxylic acids is 1. The fourth-order valence-electron chi connectivity index (χ4n) is 5.37. The first-order valence-corrected chi connectivity index (χ1v) is 12.1. The highest BCUT2D eigenvalue weighted by atomic mass is 19.3. The second kappa shape index (κ2) is 8.24. The van der Waals surface area contributed by atoms with E-state index in [2.05, 4.69) is 0 Å². The Morgan fingerprint density at radius 2 is 1.67 bits per heavy atom. The lowest BCUT2D eigenvalue weighted by molar-refractivity contribution is -0.0262. The number of benzene rings is 3. The average molecular weight is 547 g/mol. The van der Waals surface area contributed by atoms with Crippen LogP contribution in [-0.4, -0.2) is 48.8 Å². The first-order valence-electron chi connectivity index (χ1n) is 12.1. The molecule has 0 amide bonds. The molecule has 2 aromatic carbocycles. The summed E-state index contributed by atoms with van der Waals surface area (Å²) in [7, 11) is 0. The fourth-order valence-corrected chi connectivity index (χ4v) is 5.37. The van der Waals surface area contributed by atoms with E-state index in [4.69, 9.17) is 4.42 Å². The van der Waals surface area contributed by atoms with Gasteiger partial charge < -0.3 is 14.4 Å². The van der Waals surface area contributed by atoms with Crippen LogP contribution in [0.5, 0.6) is 0 Å². The van der Waals surface area contributed by atoms with Crippen molar-refractivity contribution in [3.63, 3.8) is 0 Å². The van der Waals surface area contributed by atoms with E-state index in [0.29, 0.717) is 11.0 Å². The maximum atomic E-state index is 15.7. The minimum atomic E-state index is -2.85. The molecule has 2 saturated heterocycles. The van der Waals surface area contributed by atoms with Gasteiger partial charge in [0, 0.05) is 45.5 Å². The summed E-state index contributed by atoms with van der Waals surface area (Å²) in [5, 5.41) is 10.5. The summed E-state index contributed by atoms with van der Waals surface area (Å²) in [6.45, 7) is 1.67. The van der Waals surface area contributed by atoms with Gasteiger partial charge in [-0.05, 0) is 32.0 Å². The van der Waals surface area contributed by atoms with Gasteiger partial charge >= 0.3 is 5.97 Å². The van der Waals surface area contributed by atoms with Crippen molar-refractivity contribution in [2.45, 2.75) is 25.4 Å². The summed E-state index contributed by atoms with van der Waals surface area (Å²) in [6.07, 6.45) is 0. The van der Waals surface area contributed by atoms with Crippen molar-refractivity contribution < 1.29 is 40.7 Å². The van der Waals surface area contributed by atoms with Gasteiger partial charge in [-0.25, -0.2) is 35.7 Å². The normalized spacial score (nSPS) is 20.3. The maximum Gasteiger partial charge on any atom is 0.339 e. The molecule has 0 unspecified atom stereocenters. The fraction of sp³-hybridized carbons (Fsp3) is 0.286. The van der Waals surface area contributed by atoms with Crippen LogP contribution in [0.3, 0.4) is 0 Å². The maximum absolute atomic E-state index is 15.7. The number of nitrogens with zero attached hydrogens (tertiary/aromatic N) is 2. The second-order valence-electron chi connectivity index (χ2n) is 10.4. The minimum Gasteiger partial charge on any atom is -0.478 e. The second-order valence-corrected chi connectivity index (χ2v) is 10.4. The molecule has 11 heteroatoms. The summed E-state index contributed by atoms with van der Waals surface area (Å²) < 4.78 is 94.1. The Labute approximate surface area is 217 Å². The third-order valence-electron chi connectivity index (χ3n) is 7.31. The van der Waals surface area contributed by atoms with Crippen molar-refractivity contribution in [3.8, 4) is 22.5 Å². The number of anilines is 1. The SMILES string of the molecule is Cc1c(F)c(F)c(C(=O)O)c(-c2c3ccc(=[N+]4CC(C)(F)C4)cc-3oc3cc(N4CC(F)(F)C4)ccc23)c1F. The molecular weight excluding hydrogens is 526 g/mol. The number of hydrogen-bond donors (Lipinski definition) is 1. The molecule has 4 aliphatic rings. The van der Waals surface area contributed by atoms with Gasteiger partial charge in [-0.3, -0.25) is 0 Å². The molecule has 6 rings (SSSR count). The minimum absolute atomic E-state index is 0.0610. The molecule has 0 radical (unpaired) electrons. The molecular formula is C28H21F6N2O3+. The molecule has 2 aromatic rings. The summed E-state index contributed by atoms with van der Waals surface area (Å²) in [5.74, 6) is -9.17. The Balaban J connectivity index is 1.69. The van der Waals surface area contributed by atoms with Crippen molar-refractivity contribution in [2.24, 2.45) is 0 Å². The number of alkyl halides is 3.